The number of rotatable bonds is 2. The largest absolute Gasteiger partial charge is 0.386 e. The minimum atomic E-state index is -0.695. The number of thiazole rings is 1. The van der Waals surface area contributed by atoms with Crippen molar-refractivity contribution in [1.29, 1.82) is 0 Å². The number of amides is 1. The van der Waals surface area contributed by atoms with Crippen LogP contribution in [0.15, 0.2) is 36.8 Å². The molecular weight excluding hydrogens is 348 g/mol. The van der Waals surface area contributed by atoms with Crippen molar-refractivity contribution in [3.05, 3.63) is 57.9 Å². The lowest BCUT2D eigenvalue weighted by molar-refractivity contribution is 0.0690. The highest BCUT2D eigenvalue weighted by atomic mass is 32.1. The zero-order valence-corrected chi connectivity index (χ0v) is 15.0. The average Bonchev–Trinajstić information content (AvgIpc) is 3.36. The Morgan fingerprint density at radius 2 is 2.23 bits per heavy atom. The molecule has 132 valence electrons. The van der Waals surface area contributed by atoms with Crippen molar-refractivity contribution in [2.45, 2.75) is 25.0 Å². The summed E-state index contributed by atoms with van der Waals surface area (Å²) in [5, 5.41) is 14.1. The van der Waals surface area contributed by atoms with E-state index in [0.717, 1.165) is 23.4 Å². The van der Waals surface area contributed by atoms with E-state index in [0.29, 0.717) is 10.7 Å². The van der Waals surface area contributed by atoms with Gasteiger partial charge in [-0.05, 0) is 18.4 Å². The van der Waals surface area contributed by atoms with Crippen molar-refractivity contribution in [3.8, 4) is 11.3 Å². The molecule has 6 nitrogen and oxygen atoms in total. The predicted octanol–water partition coefficient (Wildman–Crippen LogP) is 2.57. The van der Waals surface area contributed by atoms with Crippen molar-refractivity contribution in [2.24, 2.45) is 5.92 Å². The quantitative estimate of drug-likeness (QED) is 0.730. The van der Waals surface area contributed by atoms with E-state index in [-0.39, 0.29) is 17.9 Å². The van der Waals surface area contributed by atoms with Crippen LogP contribution < -0.4 is 5.32 Å². The molecule has 7 heteroatoms. The van der Waals surface area contributed by atoms with Crippen molar-refractivity contribution < 1.29 is 9.90 Å². The smallest absolute Gasteiger partial charge is 0.280 e. The topological polar surface area (TPSA) is 80.0 Å². The molecule has 1 unspecified atom stereocenters. The number of aliphatic hydroxyl groups excluding tert-OH is 1. The van der Waals surface area contributed by atoms with Gasteiger partial charge in [0.2, 0.25) is 0 Å². The number of imidazole rings is 1. The minimum Gasteiger partial charge on any atom is -0.386 e. The van der Waals surface area contributed by atoms with Crippen LogP contribution in [-0.2, 0) is 6.42 Å². The fraction of sp³-hybridized carbons (Fsp3) is 0.316. The molecule has 1 aromatic carbocycles. The van der Waals surface area contributed by atoms with Crippen LogP contribution >= 0.6 is 11.3 Å². The van der Waals surface area contributed by atoms with Gasteiger partial charge >= 0.3 is 0 Å². The van der Waals surface area contributed by atoms with Gasteiger partial charge in [0.1, 0.15) is 6.10 Å². The summed E-state index contributed by atoms with van der Waals surface area (Å²) >= 11 is 1.39. The zero-order chi connectivity index (χ0) is 17.8. The molecule has 1 amide bonds. The van der Waals surface area contributed by atoms with Crippen LogP contribution in [0.3, 0.4) is 0 Å². The van der Waals surface area contributed by atoms with E-state index in [2.05, 4.69) is 32.0 Å². The molecule has 2 aromatic heterocycles. The normalized spacial score (nSPS) is 23.2. The number of aryl methyl sites for hydroxylation is 1. The molecule has 0 saturated carbocycles. The highest BCUT2D eigenvalue weighted by Crippen LogP contribution is 2.50. The molecule has 1 aliphatic carbocycles. The molecule has 0 bridgehead atoms. The van der Waals surface area contributed by atoms with Crippen LogP contribution in [0.1, 0.15) is 44.5 Å². The first-order valence-electron chi connectivity index (χ1n) is 8.70. The van der Waals surface area contributed by atoms with Crippen molar-refractivity contribution >= 4 is 17.2 Å². The number of hydrogen-bond acceptors (Lipinski definition) is 5. The first kappa shape index (κ1) is 15.7. The maximum Gasteiger partial charge on any atom is 0.280 e. The Kier molecular flexibility index (Phi) is 3.48. The number of nitrogens with one attached hydrogen (secondary N) is 1. The molecule has 0 spiro atoms. The Morgan fingerprint density at radius 1 is 1.38 bits per heavy atom. The first-order chi connectivity index (χ1) is 12.7. The SMILES string of the molecule is CNC(=O)c1nc2c(s1)CC[C@H](C1c3ccccc3-c3cncn31)[C@@H]2O. The van der Waals surface area contributed by atoms with Gasteiger partial charge in [-0.15, -0.1) is 11.3 Å². The van der Waals surface area contributed by atoms with Crippen LogP contribution in [0, 0.1) is 5.92 Å². The van der Waals surface area contributed by atoms with Crippen LogP contribution in [0.5, 0.6) is 0 Å². The molecule has 0 radical (unpaired) electrons. The molecule has 2 N–H and O–H groups in total. The highest BCUT2D eigenvalue weighted by Gasteiger charge is 2.42. The van der Waals surface area contributed by atoms with Crippen LogP contribution in [0.2, 0.25) is 0 Å². The summed E-state index contributed by atoms with van der Waals surface area (Å²) in [6.45, 7) is 0. The molecule has 0 fully saturated rings. The van der Waals surface area contributed by atoms with E-state index in [1.54, 1.807) is 7.05 Å². The standard InChI is InChI=1S/C19H18N4O2S/c1-20-18(25)19-22-15-14(26-19)7-6-12(17(15)24)16-11-5-3-2-4-10(11)13-8-21-9-23(13)16/h2-5,8-9,12,16-17,24H,6-7H2,1H3,(H,20,25)/t12-,16?,17+/m1/s1. The summed E-state index contributed by atoms with van der Waals surface area (Å²) < 4.78 is 2.16. The second-order valence-corrected chi connectivity index (χ2v) is 7.86. The Morgan fingerprint density at radius 3 is 3.08 bits per heavy atom. The van der Waals surface area contributed by atoms with Gasteiger partial charge in [-0.1, -0.05) is 24.3 Å². The minimum absolute atomic E-state index is 0.00117. The summed E-state index contributed by atoms with van der Waals surface area (Å²) in [5.41, 5.74) is 4.15. The van der Waals surface area contributed by atoms with Gasteiger partial charge in [-0.3, -0.25) is 4.79 Å². The lowest BCUT2D eigenvalue weighted by Crippen LogP contribution is -2.28. The maximum atomic E-state index is 11.9. The third-order valence-corrected chi connectivity index (χ3v) is 6.60. The van der Waals surface area contributed by atoms with E-state index in [1.165, 1.54) is 22.5 Å². The summed E-state index contributed by atoms with van der Waals surface area (Å²) in [6.07, 6.45) is 4.71. The lowest BCUT2D eigenvalue weighted by atomic mass is 9.80. The number of carbonyl (C=O) groups excluding carboxylic acids is 1. The predicted molar refractivity (Wildman–Crippen MR) is 98.1 cm³/mol. The van der Waals surface area contributed by atoms with Gasteiger partial charge in [0.25, 0.3) is 5.91 Å². The first-order valence-corrected chi connectivity index (χ1v) is 9.51. The van der Waals surface area contributed by atoms with Gasteiger partial charge < -0.3 is 15.0 Å². The Bertz CT molecular complexity index is 1010. The average molecular weight is 366 g/mol. The Balaban J connectivity index is 1.56. The zero-order valence-electron chi connectivity index (χ0n) is 14.2. The van der Waals surface area contributed by atoms with Gasteiger partial charge in [-0.25, -0.2) is 9.97 Å². The fourth-order valence-corrected chi connectivity index (χ4v) is 5.34. The summed E-state index contributed by atoms with van der Waals surface area (Å²) in [4.78, 5) is 21.7. The van der Waals surface area contributed by atoms with Crippen molar-refractivity contribution in [2.75, 3.05) is 7.05 Å². The monoisotopic (exact) mass is 366 g/mol. The number of nitrogens with zero attached hydrogens (tertiary/aromatic N) is 3. The number of carbonyl (C=O) groups is 1. The van der Waals surface area contributed by atoms with Gasteiger partial charge in [-0.2, -0.15) is 0 Å². The molecule has 3 aromatic rings. The van der Waals surface area contributed by atoms with Crippen LogP contribution in [0.25, 0.3) is 11.3 Å². The van der Waals surface area contributed by atoms with Gasteiger partial charge in [0, 0.05) is 23.4 Å². The second-order valence-electron chi connectivity index (χ2n) is 6.77. The highest BCUT2D eigenvalue weighted by molar-refractivity contribution is 7.13. The lowest BCUT2D eigenvalue weighted by Gasteiger charge is -2.33. The van der Waals surface area contributed by atoms with Crippen molar-refractivity contribution in [3.63, 3.8) is 0 Å². The van der Waals surface area contributed by atoms with E-state index in [4.69, 9.17) is 0 Å². The van der Waals surface area contributed by atoms with Crippen LogP contribution in [0.4, 0.5) is 0 Å². The Labute approximate surface area is 154 Å². The third kappa shape index (κ3) is 2.10. The van der Waals surface area contributed by atoms with Crippen LogP contribution in [-0.4, -0.2) is 32.6 Å². The second kappa shape index (κ2) is 5.75. The Hall–Kier alpha value is -2.51. The maximum absolute atomic E-state index is 11.9. The van der Waals surface area contributed by atoms with E-state index in [1.807, 2.05) is 24.7 Å². The molecule has 1 aliphatic heterocycles. The summed E-state index contributed by atoms with van der Waals surface area (Å²) in [5.74, 6) is -0.199. The number of hydrogen-bond donors (Lipinski definition) is 2. The van der Waals surface area contributed by atoms with Crippen molar-refractivity contribution in [1.82, 2.24) is 19.9 Å². The summed E-state index contributed by atoms with van der Waals surface area (Å²) in [6, 6.07) is 8.35. The van der Waals surface area contributed by atoms with E-state index in [9.17, 15) is 9.90 Å². The third-order valence-electron chi connectivity index (χ3n) is 5.47. The number of aliphatic hydroxyl groups is 1. The molecule has 26 heavy (non-hydrogen) atoms. The van der Waals surface area contributed by atoms with E-state index < -0.39 is 6.10 Å². The molecule has 5 rings (SSSR count). The van der Waals surface area contributed by atoms with Gasteiger partial charge in [0.15, 0.2) is 5.01 Å². The molecule has 3 heterocycles. The number of aromatic nitrogens is 3. The van der Waals surface area contributed by atoms with E-state index >= 15 is 0 Å². The van der Waals surface area contributed by atoms with Gasteiger partial charge in [0.05, 0.1) is 30.0 Å². The number of benzene rings is 1. The molecule has 3 atom stereocenters. The molecule has 2 aliphatic rings. The molecule has 0 saturated heterocycles. The molecular formula is C19H18N4O2S. The summed E-state index contributed by atoms with van der Waals surface area (Å²) in [7, 11) is 1.60. The number of fused-ring (bicyclic) bond motifs is 4. The fourth-order valence-electron chi connectivity index (χ4n) is 4.28.